The third kappa shape index (κ3) is 3.06. The van der Waals surface area contributed by atoms with Gasteiger partial charge in [0.2, 0.25) is 0 Å². The van der Waals surface area contributed by atoms with Crippen LogP contribution in [0.5, 0.6) is 0 Å². The van der Waals surface area contributed by atoms with Crippen LogP contribution in [0, 0.1) is 0 Å². The smallest absolute Gasteiger partial charge is 0.0455 e. The van der Waals surface area contributed by atoms with Crippen molar-refractivity contribution in [1.82, 2.24) is 0 Å². The third-order valence-electron chi connectivity index (χ3n) is 1.27. The molecule has 0 aliphatic rings. The zero-order valence-electron chi connectivity index (χ0n) is 6.75. The Kier molecular flexibility index (Phi) is 3.94. The molecule has 1 rings (SSSR count). The van der Waals surface area contributed by atoms with Crippen molar-refractivity contribution in [3.05, 3.63) is 33.3 Å². The molecular weight excluding hydrogens is 281 g/mol. The first-order chi connectivity index (χ1) is 5.70. The number of rotatable bonds is 2. The molecule has 0 amide bonds. The quantitative estimate of drug-likeness (QED) is 0.511. The highest BCUT2D eigenvalue weighted by Gasteiger charge is 1.94. The number of para-hydroxylation sites is 1. The van der Waals surface area contributed by atoms with Gasteiger partial charge in [-0.3, -0.25) is 0 Å². The molecule has 0 spiro atoms. The molecule has 0 saturated carbocycles. The van der Waals surface area contributed by atoms with Gasteiger partial charge in [0.1, 0.15) is 0 Å². The van der Waals surface area contributed by atoms with E-state index in [9.17, 15) is 0 Å². The molecule has 0 fully saturated rings. The molecule has 12 heavy (non-hydrogen) atoms. The summed E-state index contributed by atoms with van der Waals surface area (Å²) in [6, 6.07) is 7.88. The van der Waals surface area contributed by atoms with Crippen molar-refractivity contribution in [1.29, 1.82) is 0 Å². The number of halogens is 1. The van der Waals surface area contributed by atoms with E-state index >= 15 is 0 Å². The molecule has 0 saturated heterocycles. The van der Waals surface area contributed by atoms with Crippen LogP contribution < -0.4 is 5.73 Å². The molecule has 0 unspecified atom stereocenters. The van der Waals surface area contributed by atoms with Gasteiger partial charge in [-0.15, -0.1) is 0 Å². The van der Waals surface area contributed by atoms with Crippen LogP contribution in [0.1, 0.15) is 6.92 Å². The monoisotopic (exact) mass is 291 g/mol. The fraction of sp³-hybridized carbons (Fsp3) is 0.111. The topological polar surface area (TPSA) is 26.0 Å². The van der Waals surface area contributed by atoms with Gasteiger partial charge < -0.3 is 5.73 Å². The zero-order chi connectivity index (χ0) is 8.97. The Morgan fingerprint density at radius 3 is 2.75 bits per heavy atom. The fourth-order valence-corrected chi connectivity index (χ4v) is 1.76. The van der Waals surface area contributed by atoms with E-state index in [4.69, 9.17) is 5.73 Å². The van der Waals surface area contributed by atoms with Crippen LogP contribution in [0.3, 0.4) is 0 Å². The largest absolute Gasteiger partial charge is 0.398 e. The van der Waals surface area contributed by atoms with Gasteiger partial charge in [0.05, 0.1) is 0 Å². The summed E-state index contributed by atoms with van der Waals surface area (Å²) in [7, 11) is 0. The van der Waals surface area contributed by atoms with E-state index in [1.165, 1.54) is 3.58 Å². The summed E-state index contributed by atoms with van der Waals surface area (Å²) >= 11 is 3.94. The first-order valence-corrected chi connectivity index (χ1v) is 5.49. The second kappa shape index (κ2) is 4.77. The number of benzene rings is 1. The van der Waals surface area contributed by atoms with Crippen molar-refractivity contribution < 1.29 is 0 Å². The lowest BCUT2D eigenvalue weighted by Gasteiger charge is -2.00. The van der Waals surface area contributed by atoms with Crippen LogP contribution >= 0.6 is 34.4 Å². The predicted molar refractivity (Wildman–Crippen MR) is 64.5 cm³/mol. The minimum atomic E-state index is 0.844. The lowest BCUT2D eigenvalue weighted by molar-refractivity contribution is 1.47. The summed E-state index contributed by atoms with van der Waals surface area (Å²) < 4.78 is 1.26. The molecule has 0 bridgehead atoms. The lowest BCUT2D eigenvalue weighted by Crippen LogP contribution is -1.85. The lowest BCUT2D eigenvalue weighted by atomic mass is 10.3. The van der Waals surface area contributed by atoms with Gasteiger partial charge in [-0.1, -0.05) is 23.9 Å². The summed E-state index contributed by atoms with van der Waals surface area (Å²) in [5.41, 5.74) is 6.60. The van der Waals surface area contributed by atoms with Crippen LogP contribution in [0.15, 0.2) is 38.1 Å². The number of anilines is 1. The van der Waals surface area contributed by atoms with E-state index in [1.807, 2.05) is 24.3 Å². The van der Waals surface area contributed by atoms with Crippen LogP contribution in [-0.2, 0) is 0 Å². The number of hydrogen-bond donors (Lipinski definition) is 1. The van der Waals surface area contributed by atoms with E-state index in [0.717, 1.165) is 10.6 Å². The standard InChI is InChI=1S/C9H10INS/c1-7(10)6-12-9-5-3-2-4-8(9)11/h2-6H,11H2,1H3/b7-6+. The average molecular weight is 291 g/mol. The summed E-state index contributed by atoms with van der Waals surface area (Å²) in [6.07, 6.45) is 0. The van der Waals surface area contributed by atoms with Crippen molar-refractivity contribution in [2.45, 2.75) is 11.8 Å². The predicted octanol–water partition coefficient (Wildman–Crippen LogP) is 3.66. The summed E-state index contributed by atoms with van der Waals surface area (Å²) in [5, 5.41) is 2.09. The second-order valence-corrected chi connectivity index (χ2v) is 4.97. The van der Waals surface area contributed by atoms with Crippen molar-refractivity contribution in [3.63, 3.8) is 0 Å². The summed E-state index contributed by atoms with van der Waals surface area (Å²) in [6.45, 7) is 2.06. The Hall–Kier alpha value is -0.160. The van der Waals surface area contributed by atoms with Gasteiger partial charge in [-0.2, -0.15) is 0 Å². The Labute approximate surface area is 90.6 Å². The maximum Gasteiger partial charge on any atom is 0.0455 e. The zero-order valence-corrected chi connectivity index (χ0v) is 9.72. The number of thioether (sulfide) groups is 1. The SMILES string of the molecule is C/C(I)=C\Sc1ccccc1N. The molecule has 0 heterocycles. The number of hydrogen-bond acceptors (Lipinski definition) is 2. The molecule has 1 nitrogen and oxygen atoms in total. The highest BCUT2D eigenvalue weighted by atomic mass is 127. The van der Waals surface area contributed by atoms with Gasteiger partial charge in [0.15, 0.2) is 0 Å². The number of nitrogens with two attached hydrogens (primary N) is 1. The maximum absolute atomic E-state index is 5.75. The van der Waals surface area contributed by atoms with Gasteiger partial charge in [0.25, 0.3) is 0 Å². The molecule has 0 aliphatic carbocycles. The van der Waals surface area contributed by atoms with Gasteiger partial charge in [-0.05, 0) is 50.6 Å². The second-order valence-electron chi connectivity index (χ2n) is 2.36. The van der Waals surface area contributed by atoms with E-state index in [0.29, 0.717) is 0 Å². The van der Waals surface area contributed by atoms with Crippen LogP contribution in [0.4, 0.5) is 5.69 Å². The highest BCUT2D eigenvalue weighted by molar-refractivity contribution is 14.1. The molecule has 0 aromatic heterocycles. The van der Waals surface area contributed by atoms with E-state index in [-0.39, 0.29) is 0 Å². The van der Waals surface area contributed by atoms with Crippen molar-refractivity contribution in [2.24, 2.45) is 0 Å². The third-order valence-corrected chi connectivity index (χ3v) is 3.10. The molecule has 3 heteroatoms. The molecule has 0 aliphatic heterocycles. The van der Waals surface area contributed by atoms with Crippen LogP contribution in [0.2, 0.25) is 0 Å². The van der Waals surface area contributed by atoms with Crippen LogP contribution in [0.25, 0.3) is 0 Å². The summed E-state index contributed by atoms with van der Waals surface area (Å²) in [4.78, 5) is 1.12. The van der Waals surface area contributed by atoms with Gasteiger partial charge in [0, 0.05) is 10.6 Å². The molecule has 2 N–H and O–H groups in total. The molecule has 1 aromatic carbocycles. The number of nitrogen functional groups attached to an aromatic ring is 1. The Bertz CT molecular complexity index is 292. The molecular formula is C9H10INS. The van der Waals surface area contributed by atoms with Crippen molar-refractivity contribution >= 4 is 40.0 Å². The van der Waals surface area contributed by atoms with E-state index < -0.39 is 0 Å². The molecule has 0 radical (unpaired) electrons. The normalized spacial score (nSPS) is 11.7. The molecule has 64 valence electrons. The first-order valence-electron chi connectivity index (χ1n) is 3.53. The maximum atomic E-state index is 5.75. The Morgan fingerprint density at radius 1 is 1.50 bits per heavy atom. The Balaban J connectivity index is 2.76. The van der Waals surface area contributed by atoms with E-state index in [2.05, 4.69) is 34.9 Å². The Morgan fingerprint density at radius 2 is 2.17 bits per heavy atom. The first kappa shape index (κ1) is 9.92. The van der Waals surface area contributed by atoms with Gasteiger partial charge >= 0.3 is 0 Å². The molecule has 0 atom stereocenters. The minimum Gasteiger partial charge on any atom is -0.398 e. The number of allylic oxidation sites excluding steroid dienone is 1. The van der Waals surface area contributed by atoms with Crippen molar-refractivity contribution in [3.8, 4) is 0 Å². The average Bonchev–Trinajstić information content (AvgIpc) is 2.03. The minimum absolute atomic E-state index is 0.844. The van der Waals surface area contributed by atoms with E-state index in [1.54, 1.807) is 11.8 Å². The highest BCUT2D eigenvalue weighted by Crippen LogP contribution is 2.27. The van der Waals surface area contributed by atoms with Crippen LogP contribution in [-0.4, -0.2) is 0 Å². The van der Waals surface area contributed by atoms with Gasteiger partial charge in [-0.25, -0.2) is 0 Å². The summed E-state index contributed by atoms with van der Waals surface area (Å²) in [5.74, 6) is 0. The fourth-order valence-electron chi connectivity index (χ4n) is 0.733. The molecule has 1 aromatic rings. The van der Waals surface area contributed by atoms with Crippen molar-refractivity contribution in [2.75, 3.05) is 5.73 Å².